The summed E-state index contributed by atoms with van der Waals surface area (Å²) < 4.78 is 10.6. The molecule has 11 nitrogen and oxygen atoms in total. The lowest BCUT2D eigenvalue weighted by Crippen LogP contribution is -2.19. The number of methoxy groups -OCH3 is 1. The predicted molar refractivity (Wildman–Crippen MR) is 118 cm³/mol. The Labute approximate surface area is 184 Å². The van der Waals surface area contributed by atoms with Crippen molar-refractivity contribution in [3.63, 3.8) is 0 Å². The molecular weight excluding hydrogens is 414 g/mol. The standard InChI is InChI=1S/C19H19N7O4.C2H6/c1-9-21-18(26-30-9)11-4-3-5-12(16(11)29-2)22-13-8-14(23-19(28)10-6-7-10)24-25-15(13)17(20)27;1-2/h3-5,8,10H,6-7H2,1-2H3,(H2,20,27)(H2,22,23,24,28);1-2H3. The number of para-hydroxylation sites is 1. The van der Waals surface area contributed by atoms with Crippen molar-refractivity contribution < 1.29 is 18.8 Å². The van der Waals surface area contributed by atoms with Gasteiger partial charge >= 0.3 is 0 Å². The normalized spacial score (nSPS) is 12.4. The molecule has 1 saturated carbocycles. The molecule has 0 unspecified atom stereocenters. The van der Waals surface area contributed by atoms with Gasteiger partial charge in [-0.3, -0.25) is 9.59 Å². The molecule has 32 heavy (non-hydrogen) atoms. The second-order valence-electron chi connectivity index (χ2n) is 6.77. The topological polar surface area (TPSA) is 158 Å². The Kier molecular flexibility index (Phi) is 6.98. The number of anilines is 3. The molecule has 1 aromatic carbocycles. The number of aromatic nitrogens is 4. The highest BCUT2D eigenvalue weighted by molar-refractivity contribution is 5.99. The van der Waals surface area contributed by atoms with E-state index in [-0.39, 0.29) is 29.0 Å². The van der Waals surface area contributed by atoms with Gasteiger partial charge in [-0.15, -0.1) is 10.2 Å². The molecule has 0 bridgehead atoms. The minimum absolute atomic E-state index is 0.00535. The number of ether oxygens (including phenoxy) is 1. The summed E-state index contributed by atoms with van der Waals surface area (Å²) in [5.41, 5.74) is 6.72. The number of hydrogen-bond acceptors (Lipinski definition) is 9. The molecule has 4 rings (SSSR count). The fraction of sp³-hybridized carbons (Fsp3) is 0.333. The molecule has 1 fully saturated rings. The van der Waals surface area contributed by atoms with Crippen LogP contribution in [-0.2, 0) is 4.79 Å². The van der Waals surface area contributed by atoms with Gasteiger partial charge in [0.05, 0.1) is 24.0 Å². The van der Waals surface area contributed by atoms with E-state index in [0.29, 0.717) is 28.7 Å². The molecule has 0 atom stereocenters. The Morgan fingerprint density at radius 3 is 2.53 bits per heavy atom. The molecule has 1 aliphatic rings. The van der Waals surface area contributed by atoms with Crippen LogP contribution in [0, 0.1) is 12.8 Å². The second kappa shape index (κ2) is 9.86. The summed E-state index contributed by atoms with van der Waals surface area (Å²) >= 11 is 0. The van der Waals surface area contributed by atoms with Crippen LogP contribution in [0.3, 0.4) is 0 Å². The number of aryl methyl sites for hydroxylation is 1. The van der Waals surface area contributed by atoms with Crippen molar-refractivity contribution in [2.75, 3.05) is 17.7 Å². The van der Waals surface area contributed by atoms with E-state index in [4.69, 9.17) is 15.0 Å². The molecule has 0 spiro atoms. The Morgan fingerprint density at radius 2 is 1.94 bits per heavy atom. The number of primary amides is 1. The van der Waals surface area contributed by atoms with E-state index in [9.17, 15) is 9.59 Å². The molecule has 2 aromatic heterocycles. The molecular formula is C21H25N7O4. The van der Waals surface area contributed by atoms with Gasteiger partial charge in [0.25, 0.3) is 5.91 Å². The van der Waals surface area contributed by atoms with E-state index in [0.717, 1.165) is 12.8 Å². The van der Waals surface area contributed by atoms with E-state index in [1.54, 1.807) is 25.1 Å². The first-order valence-corrected chi connectivity index (χ1v) is 10.2. The molecule has 0 aliphatic heterocycles. The van der Waals surface area contributed by atoms with Gasteiger partial charge in [0.15, 0.2) is 17.3 Å². The Balaban J connectivity index is 0.00000141. The van der Waals surface area contributed by atoms with Crippen molar-refractivity contribution in [2.24, 2.45) is 11.7 Å². The molecule has 0 radical (unpaired) electrons. The first-order chi connectivity index (χ1) is 15.5. The maximum atomic E-state index is 12.0. The summed E-state index contributed by atoms with van der Waals surface area (Å²) in [6.07, 6.45) is 1.70. The summed E-state index contributed by atoms with van der Waals surface area (Å²) in [5.74, 6) is 0.499. The van der Waals surface area contributed by atoms with Gasteiger partial charge in [-0.25, -0.2) is 0 Å². The van der Waals surface area contributed by atoms with Crippen LogP contribution >= 0.6 is 0 Å². The van der Waals surface area contributed by atoms with Crippen LogP contribution in [0.2, 0.25) is 0 Å². The van der Waals surface area contributed by atoms with Gasteiger partial charge in [0, 0.05) is 18.9 Å². The van der Waals surface area contributed by atoms with Crippen LogP contribution in [0.5, 0.6) is 5.75 Å². The third-order valence-corrected chi connectivity index (χ3v) is 4.48. The van der Waals surface area contributed by atoms with Gasteiger partial charge < -0.3 is 25.6 Å². The summed E-state index contributed by atoms with van der Waals surface area (Å²) in [5, 5.41) is 17.4. The quantitative estimate of drug-likeness (QED) is 0.503. The number of hydrogen-bond donors (Lipinski definition) is 3. The number of nitrogens with zero attached hydrogens (tertiary/aromatic N) is 4. The van der Waals surface area contributed by atoms with Crippen molar-refractivity contribution in [3.05, 3.63) is 35.9 Å². The number of benzene rings is 1. The third kappa shape index (κ3) is 4.99. The zero-order valence-corrected chi connectivity index (χ0v) is 18.3. The molecule has 2 heterocycles. The average Bonchev–Trinajstić information content (AvgIpc) is 3.56. The lowest BCUT2D eigenvalue weighted by molar-refractivity contribution is -0.117. The van der Waals surface area contributed by atoms with Gasteiger partial charge in [0.2, 0.25) is 17.6 Å². The highest BCUT2D eigenvalue weighted by Gasteiger charge is 2.30. The fourth-order valence-electron chi connectivity index (χ4n) is 2.89. The third-order valence-electron chi connectivity index (χ3n) is 4.48. The molecule has 0 saturated heterocycles. The van der Waals surface area contributed by atoms with Gasteiger partial charge in [0.1, 0.15) is 0 Å². The lowest BCUT2D eigenvalue weighted by atomic mass is 10.1. The summed E-state index contributed by atoms with van der Waals surface area (Å²) in [4.78, 5) is 28.1. The van der Waals surface area contributed by atoms with Crippen molar-refractivity contribution >= 4 is 29.0 Å². The van der Waals surface area contributed by atoms with Crippen molar-refractivity contribution in [1.29, 1.82) is 0 Å². The van der Waals surface area contributed by atoms with Crippen LogP contribution in [0.4, 0.5) is 17.2 Å². The van der Waals surface area contributed by atoms with Gasteiger partial charge in [-0.05, 0) is 25.0 Å². The maximum absolute atomic E-state index is 12.0. The number of nitrogens with one attached hydrogen (secondary N) is 2. The van der Waals surface area contributed by atoms with Crippen molar-refractivity contribution in [3.8, 4) is 17.1 Å². The smallest absolute Gasteiger partial charge is 0.271 e. The number of carbonyl (C=O) groups excluding carboxylic acids is 2. The Bertz CT molecular complexity index is 1130. The van der Waals surface area contributed by atoms with Crippen LogP contribution in [0.25, 0.3) is 11.4 Å². The largest absolute Gasteiger partial charge is 0.494 e. The Morgan fingerprint density at radius 1 is 1.19 bits per heavy atom. The number of amides is 2. The number of carbonyl (C=O) groups is 2. The first kappa shape index (κ1) is 22.7. The van der Waals surface area contributed by atoms with E-state index in [2.05, 4.69) is 31.0 Å². The minimum Gasteiger partial charge on any atom is -0.494 e. The van der Waals surface area contributed by atoms with Crippen LogP contribution < -0.4 is 21.1 Å². The van der Waals surface area contributed by atoms with Gasteiger partial charge in [-0.2, -0.15) is 4.98 Å². The van der Waals surface area contributed by atoms with E-state index in [1.807, 2.05) is 13.8 Å². The first-order valence-electron chi connectivity index (χ1n) is 10.2. The summed E-state index contributed by atoms with van der Waals surface area (Å²) in [6.45, 7) is 5.68. The second-order valence-corrected chi connectivity index (χ2v) is 6.77. The van der Waals surface area contributed by atoms with E-state index < -0.39 is 5.91 Å². The molecule has 11 heteroatoms. The van der Waals surface area contributed by atoms with E-state index >= 15 is 0 Å². The molecule has 3 aromatic rings. The van der Waals surface area contributed by atoms with Crippen LogP contribution in [0.15, 0.2) is 28.8 Å². The van der Waals surface area contributed by atoms with Gasteiger partial charge in [-0.1, -0.05) is 25.1 Å². The zero-order valence-electron chi connectivity index (χ0n) is 18.3. The minimum atomic E-state index is -0.769. The maximum Gasteiger partial charge on any atom is 0.271 e. The highest BCUT2D eigenvalue weighted by Crippen LogP contribution is 2.37. The highest BCUT2D eigenvalue weighted by atomic mass is 16.5. The SMILES string of the molecule is CC.COc1c(Nc2cc(NC(=O)C3CC3)nnc2C(N)=O)cccc1-c1noc(C)n1. The zero-order chi connectivity index (χ0) is 23.3. The molecule has 168 valence electrons. The summed E-state index contributed by atoms with van der Waals surface area (Å²) in [6, 6.07) is 6.77. The monoisotopic (exact) mass is 439 g/mol. The van der Waals surface area contributed by atoms with Crippen molar-refractivity contribution in [1.82, 2.24) is 20.3 Å². The lowest BCUT2D eigenvalue weighted by Gasteiger charge is -2.15. The number of nitrogens with two attached hydrogens (primary N) is 1. The molecule has 4 N–H and O–H groups in total. The average molecular weight is 439 g/mol. The van der Waals surface area contributed by atoms with Crippen LogP contribution in [0.1, 0.15) is 43.1 Å². The number of rotatable bonds is 7. The van der Waals surface area contributed by atoms with Crippen molar-refractivity contribution in [2.45, 2.75) is 33.6 Å². The fourth-order valence-corrected chi connectivity index (χ4v) is 2.89. The molecule has 2 amide bonds. The molecule has 1 aliphatic carbocycles. The Hall–Kier alpha value is -4.02. The summed E-state index contributed by atoms with van der Waals surface area (Å²) in [7, 11) is 1.50. The predicted octanol–water partition coefficient (Wildman–Crippen LogP) is 3.06. The van der Waals surface area contributed by atoms with E-state index in [1.165, 1.54) is 13.2 Å². The van der Waals surface area contributed by atoms with Crippen LogP contribution in [-0.4, -0.2) is 39.3 Å².